The number of benzene rings is 2. The van der Waals surface area contributed by atoms with Gasteiger partial charge < -0.3 is 9.32 Å². The topological polar surface area (TPSA) is 49.6 Å². The molecule has 5 nitrogen and oxygen atoms in total. The first-order valence-corrected chi connectivity index (χ1v) is 11.0. The van der Waals surface area contributed by atoms with Crippen molar-refractivity contribution in [1.29, 1.82) is 0 Å². The third-order valence-corrected chi connectivity index (χ3v) is 6.23. The van der Waals surface area contributed by atoms with Gasteiger partial charge in [-0.1, -0.05) is 35.9 Å². The van der Waals surface area contributed by atoms with Gasteiger partial charge in [0.1, 0.15) is 11.6 Å². The molecule has 2 heterocycles. The summed E-state index contributed by atoms with van der Waals surface area (Å²) in [7, 11) is 0. The zero-order chi connectivity index (χ0) is 22.7. The molecule has 0 radical (unpaired) electrons. The number of amides is 1. The Morgan fingerprint density at radius 3 is 2.47 bits per heavy atom. The van der Waals surface area contributed by atoms with Gasteiger partial charge in [-0.3, -0.25) is 9.69 Å². The minimum atomic E-state index is -0.715. The lowest BCUT2D eigenvalue weighted by molar-refractivity contribution is -0.133. The maximum absolute atomic E-state index is 13.9. The number of carbonyl (C=O) groups excluding carboxylic acids is 1. The van der Waals surface area contributed by atoms with E-state index in [0.717, 1.165) is 35.8 Å². The summed E-state index contributed by atoms with van der Waals surface area (Å²) in [6.45, 7) is 4.90. The summed E-state index contributed by atoms with van der Waals surface area (Å²) in [5, 5.41) is 0.749. The highest BCUT2D eigenvalue weighted by molar-refractivity contribution is 6.31. The van der Waals surface area contributed by atoms with Crippen LogP contribution in [-0.4, -0.2) is 46.9 Å². The Bertz CT molecular complexity index is 1080. The molecule has 1 aliphatic rings. The van der Waals surface area contributed by atoms with Crippen LogP contribution in [0.1, 0.15) is 30.8 Å². The Morgan fingerprint density at radius 2 is 1.78 bits per heavy atom. The molecular weight excluding hydrogens is 436 g/mol. The Labute approximate surface area is 190 Å². The van der Waals surface area contributed by atoms with E-state index < -0.39 is 11.6 Å². The van der Waals surface area contributed by atoms with Crippen LogP contribution in [-0.2, 0) is 11.2 Å². The van der Waals surface area contributed by atoms with Crippen molar-refractivity contribution in [2.24, 2.45) is 0 Å². The van der Waals surface area contributed by atoms with Crippen LogP contribution in [0.3, 0.4) is 0 Å². The molecule has 2 aromatic carbocycles. The molecule has 4 rings (SSSR count). The Hall–Kier alpha value is -2.77. The van der Waals surface area contributed by atoms with Crippen molar-refractivity contribution in [2.75, 3.05) is 26.2 Å². The average molecular weight is 460 g/mol. The van der Waals surface area contributed by atoms with E-state index in [-0.39, 0.29) is 42.0 Å². The number of aromatic nitrogens is 1. The number of aryl methyl sites for hydroxylation is 1. The van der Waals surface area contributed by atoms with E-state index in [4.69, 9.17) is 16.0 Å². The van der Waals surface area contributed by atoms with Crippen molar-refractivity contribution in [3.63, 3.8) is 0 Å². The molecule has 168 valence electrons. The van der Waals surface area contributed by atoms with Crippen molar-refractivity contribution >= 4 is 17.5 Å². The lowest BCUT2D eigenvalue weighted by Crippen LogP contribution is -2.49. The molecule has 1 fully saturated rings. The number of halogens is 3. The second kappa shape index (κ2) is 9.79. The summed E-state index contributed by atoms with van der Waals surface area (Å²) in [6.07, 6.45) is 1.78. The smallest absolute Gasteiger partial charge is 0.223 e. The third-order valence-electron chi connectivity index (χ3n) is 5.89. The predicted molar refractivity (Wildman–Crippen MR) is 118 cm³/mol. The van der Waals surface area contributed by atoms with Crippen LogP contribution in [0.2, 0.25) is 5.02 Å². The summed E-state index contributed by atoms with van der Waals surface area (Å²) in [4.78, 5) is 20.9. The van der Waals surface area contributed by atoms with Crippen LogP contribution >= 0.6 is 11.6 Å². The van der Waals surface area contributed by atoms with E-state index in [2.05, 4.69) is 16.8 Å². The van der Waals surface area contributed by atoms with Gasteiger partial charge in [0.15, 0.2) is 11.7 Å². The molecule has 3 aromatic rings. The Morgan fingerprint density at radius 1 is 1.09 bits per heavy atom. The lowest BCUT2D eigenvalue weighted by atomic mass is 10.1. The fourth-order valence-corrected chi connectivity index (χ4v) is 4.31. The van der Waals surface area contributed by atoms with E-state index in [1.807, 2.05) is 29.2 Å². The predicted octanol–water partition coefficient (Wildman–Crippen LogP) is 5.11. The number of carbonyl (C=O) groups is 1. The molecule has 32 heavy (non-hydrogen) atoms. The summed E-state index contributed by atoms with van der Waals surface area (Å²) < 4.78 is 33.3. The van der Waals surface area contributed by atoms with Crippen LogP contribution in [0.5, 0.6) is 0 Å². The highest BCUT2D eigenvalue weighted by Gasteiger charge is 2.26. The first-order chi connectivity index (χ1) is 15.4. The van der Waals surface area contributed by atoms with Gasteiger partial charge in [0, 0.05) is 50.1 Å². The Balaban J connectivity index is 1.30. The zero-order valence-electron chi connectivity index (χ0n) is 17.7. The summed E-state index contributed by atoms with van der Waals surface area (Å²) in [6, 6.07) is 11.6. The molecule has 1 amide bonds. The first-order valence-electron chi connectivity index (χ1n) is 10.6. The van der Waals surface area contributed by atoms with Crippen LogP contribution in [0.25, 0.3) is 11.3 Å². The summed E-state index contributed by atoms with van der Waals surface area (Å²) >= 11 is 6.33. The number of nitrogens with zero attached hydrogens (tertiary/aromatic N) is 3. The van der Waals surface area contributed by atoms with E-state index in [9.17, 15) is 13.6 Å². The van der Waals surface area contributed by atoms with E-state index in [0.29, 0.717) is 13.1 Å². The van der Waals surface area contributed by atoms with E-state index in [1.54, 1.807) is 0 Å². The lowest BCUT2D eigenvalue weighted by Gasteiger charge is -2.38. The molecule has 8 heteroatoms. The third kappa shape index (κ3) is 4.84. The maximum Gasteiger partial charge on any atom is 0.223 e. The van der Waals surface area contributed by atoms with Gasteiger partial charge in [-0.05, 0) is 30.7 Å². The average Bonchev–Trinajstić information content (AvgIpc) is 3.26. The highest BCUT2D eigenvalue weighted by atomic mass is 35.5. The molecule has 1 atom stereocenters. The fraction of sp³-hybridized carbons (Fsp3) is 0.333. The molecule has 0 aliphatic carbocycles. The maximum atomic E-state index is 13.9. The molecule has 0 bridgehead atoms. The van der Waals surface area contributed by atoms with Crippen LogP contribution in [0, 0.1) is 11.6 Å². The van der Waals surface area contributed by atoms with Crippen molar-refractivity contribution in [1.82, 2.24) is 14.8 Å². The second-order valence-corrected chi connectivity index (χ2v) is 8.24. The molecule has 1 aliphatic heterocycles. The number of piperazine rings is 1. The number of rotatable bonds is 6. The molecule has 0 spiro atoms. The van der Waals surface area contributed by atoms with Crippen LogP contribution in [0.4, 0.5) is 8.78 Å². The second-order valence-electron chi connectivity index (χ2n) is 7.83. The van der Waals surface area contributed by atoms with Crippen molar-refractivity contribution in [3.8, 4) is 11.3 Å². The standard InChI is InChI=1S/C24H24ClF2N3O2/c1-16(17-5-2-3-6-18(17)25)29-11-13-30(14-12-29)23(31)10-9-22-28-15-21(32-22)24-19(26)7-4-8-20(24)27/h2-8,15-16H,9-14H2,1H3. The quantitative estimate of drug-likeness (QED) is 0.514. The van der Waals surface area contributed by atoms with Crippen LogP contribution in [0.15, 0.2) is 53.1 Å². The van der Waals surface area contributed by atoms with Gasteiger partial charge in [-0.25, -0.2) is 13.8 Å². The monoisotopic (exact) mass is 459 g/mol. The number of hydrogen-bond donors (Lipinski definition) is 0. The largest absolute Gasteiger partial charge is 0.441 e. The molecule has 0 N–H and O–H groups in total. The van der Waals surface area contributed by atoms with Crippen molar-refractivity contribution < 1.29 is 18.0 Å². The molecule has 1 aromatic heterocycles. The fourth-order valence-electron chi connectivity index (χ4n) is 4.02. The Kier molecular flexibility index (Phi) is 6.86. The number of oxazole rings is 1. The normalized spacial score (nSPS) is 15.7. The van der Waals surface area contributed by atoms with Gasteiger partial charge in [-0.2, -0.15) is 0 Å². The van der Waals surface area contributed by atoms with Gasteiger partial charge in [0.25, 0.3) is 0 Å². The zero-order valence-corrected chi connectivity index (χ0v) is 18.5. The first kappa shape index (κ1) is 22.4. The van der Waals surface area contributed by atoms with Gasteiger partial charge in [0.05, 0.1) is 11.8 Å². The summed E-state index contributed by atoms with van der Waals surface area (Å²) in [5.41, 5.74) is 0.835. The minimum Gasteiger partial charge on any atom is -0.441 e. The molecule has 0 saturated carbocycles. The minimum absolute atomic E-state index is 0.00636. The number of hydrogen-bond acceptors (Lipinski definition) is 4. The van der Waals surface area contributed by atoms with E-state index >= 15 is 0 Å². The highest BCUT2D eigenvalue weighted by Crippen LogP contribution is 2.29. The van der Waals surface area contributed by atoms with Gasteiger partial charge in [-0.15, -0.1) is 0 Å². The SMILES string of the molecule is CC(c1ccccc1Cl)N1CCN(C(=O)CCc2ncc(-c3c(F)cccc3F)o2)CC1. The summed E-state index contributed by atoms with van der Waals surface area (Å²) in [5.74, 6) is -1.13. The van der Waals surface area contributed by atoms with Crippen molar-refractivity contribution in [2.45, 2.75) is 25.8 Å². The molecule has 1 saturated heterocycles. The van der Waals surface area contributed by atoms with E-state index in [1.165, 1.54) is 12.3 Å². The molecule has 1 unspecified atom stereocenters. The van der Waals surface area contributed by atoms with Crippen molar-refractivity contribution in [3.05, 3.63) is 76.8 Å². The molecular formula is C24H24ClF2N3O2. The van der Waals surface area contributed by atoms with Gasteiger partial charge in [0.2, 0.25) is 5.91 Å². The van der Waals surface area contributed by atoms with Crippen LogP contribution < -0.4 is 0 Å². The van der Waals surface area contributed by atoms with Gasteiger partial charge >= 0.3 is 0 Å².